The minimum Gasteiger partial charge on any atom is -0.372 e. The Morgan fingerprint density at radius 1 is 0.862 bits per heavy atom. The second-order valence-electron chi connectivity index (χ2n) is 8.06. The number of carbonyl (C=O) groups excluding carboxylic acids is 1. The Balaban J connectivity index is 1.39. The zero-order valence-corrected chi connectivity index (χ0v) is 17.4. The number of anilines is 2. The molecular formula is C24H30N4O. The molecule has 0 bridgehead atoms. The number of benzene rings is 2. The number of carbonyl (C=O) groups is 1. The minimum absolute atomic E-state index is 0.183. The first-order valence-electron chi connectivity index (χ1n) is 10.7. The highest BCUT2D eigenvalue weighted by Crippen LogP contribution is 2.27. The first kappa shape index (κ1) is 19.5. The van der Waals surface area contributed by atoms with Crippen molar-refractivity contribution in [3.63, 3.8) is 0 Å². The molecule has 0 radical (unpaired) electrons. The van der Waals surface area contributed by atoms with Crippen LogP contribution in [0.25, 0.3) is 0 Å². The van der Waals surface area contributed by atoms with Crippen molar-refractivity contribution in [2.75, 3.05) is 36.0 Å². The molecule has 152 valence electrons. The van der Waals surface area contributed by atoms with Crippen LogP contribution in [0.3, 0.4) is 0 Å². The molecule has 0 aliphatic carbocycles. The summed E-state index contributed by atoms with van der Waals surface area (Å²) in [6, 6.07) is 12.1. The SMILES string of the molecule is Cc1c(/C=N\NC(=O)c2ccc(N3CCCC3)cc2)ccc(N2CCCC2)c1C. The van der Waals surface area contributed by atoms with Gasteiger partial charge in [-0.1, -0.05) is 6.07 Å². The Labute approximate surface area is 173 Å². The Morgan fingerprint density at radius 2 is 1.48 bits per heavy atom. The minimum atomic E-state index is -0.183. The van der Waals surface area contributed by atoms with Crippen LogP contribution in [0.5, 0.6) is 0 Å². The molecule has 2 aliphatic heterocycles. The summed E-state index contributed by atoms with van der Waals surface area (Å²) < 4.78 is 0. The van der Waals surface area contributed by atoms with E-state index >= 15 is 0 Å². The van der Waals surface area contributed by atoms with Crippen LogP contribution in [0.1, 0.15) is 52.7 Å². The lowest BCUT2D eigenvalue weighted by Gasteiger charge is -2.22. The van der Waals surface area contributed by atoms with Gasteiger partial charge in [-0.2, -0.15) is 5.10 Å². The van der Waals surface area contributed by atoms with E-state index in [2.05, 4.69) is 46.3 Å². The molecular weight excluding hydrogens is 360 g/mol. The molecule has 5 heteroatoms. The van der Waals surface area contributed by atoms with Gasteiger partial charge in [-0.05, 0) is 86.6 Å². The third-order valence-electron chi connectivity index (χ3n) is 6.22. The lowest BCUT2D eigenvalue weighted by atomic mass is 10.0. The van der Waals surface area contributed by atoms with Crippen molar-refractivity contribution in [1.82, 2.24) is 5.43 Å². The Bertz CT molecular complexity index is 892. The van der Waals surface area contributed by atoms with E-state index in [1.165, 1.54) is 48.2 Å². The number of nitrogens with zero attached hydrogens (tertiary/aromatic N) is 3. The zero-order valence-electron chi connectivity index (χ0n) is 17.4. The fourth-order valence-electron chi connectivity index (χ4n) is 4.29. The highest BCUT2D eigenvalue weighted by Gasteiger charge is 2.16. The lowest BCUT2D eigenvalue weighted by molar-refractivity contribution is 0.0955. The third kappa shape index (κ3) is 4.29. The molecule has 2 aromatic rings. The first-order valence-corrected chi connectivity index (χ1v) is 10.7. The van der Waals surface area contributed by atoms with Crippen LogP contribution in [-0.4, -0.2) is 38.3 Å². The van der Waals surface area contributed by atoms with Crippen molar-refractivity contribution < 1.29 is 4.79 Å². The van der Waals surface area contributed by atoms with Gasteiger partial charge >= 0.3 is 0 Å². The van der Waals surface area contributed by atoms with Crippen molar-refractivity contribution in [3.05, 3.63) is 58.7 Å². The van der Waals surface area contributed by atoms with Crippen molar-refractivity contribution in [3.8, 4) is 0 Å². The predicted molar refractivity (Wildman–Crippen MR) is 120 cm³/mol. The van der Waals surface area contributed by atoms with Crippen molar-refractivity contribution in [1.29, 1.82) is 0 Å². The molecule has 2 fully saturated rings. The van der Waals surface area contributed by atoms with Crippen molar-refractivity contribution in [2.45, 2.75) is 39.5 Å². The van der Waals surface area contributed by atoms with E-state index in [0.717, 1.165) is 31.7 Å². The van der Waals surface area contributed by atoms with E-state index < -0.39 is 0 Å². The van der Waals surface area contributed by atoms with Crippen LogP contribution < -0.4 is 15.2 Å². The highest BCUT2D eigenvalue weighted by atomic mass is 16.2. The molecule has 1 N–H and O–H groups in total. The van der Waals surface area contributed by atoms with Gasteiger partial charge in [-0.3, -0.25) is 4.79 Å². The van der Waals surface area contributed by atoms with E-state index in [1.54, 1.807) is 6.21 Å². The molecule has 0 saturated carbocycles. The van der Waals surface area contributed by atoms with Gasteiger partial charge < -0.3 is 9.80 Å². The largest absolute Gasteiger partial charge is 0.372 e. The first-order chi connectivity index (χ1) is 14.1. The maximum absolute atomic E-state index is 12.4. The summed E-state index contributed by atoms with van der Waals surface area (Å²) in [6.07, 6.45) is 6.77. The summed E-state index contributed by atoms with van der Waals surface area (Å²) in [7, 11) is 0. The second-order valence-corrected chi connectivity index (χ2v) is 8.06. The molecule has 29 heavy (non-hydrogen) atoms. The Kier molecular flexibility index (Phi) is 5.84. The predicted octanol–water partition coefficient (Wildman–Crippen LogP) is 4.27. The summed E-state index contributed by atoms with van der Waals surface area (Å²) in [6.45, 7) is 8.77. The summed E-state index contributed by atoms with van der Waals surface area (Å²) >= 11 is 0. The zero-order chi connectivity index (χ0) is 20.2. The average molecular weight is 391 g/mol. The number of amides is 1. The van der Waals surface area contributed by atoms with Crippen molar-refractivity contribution in [2.24, 2.45) is 5.10 Å². The lowest BCUT2D eigenvalue weighted by Crippen LogP contribution is -2.20. The van der Waals surface area contributed by atoms with Gasteiger partial charge in [0.25, 0.3) is 5.91 Å². The highest BCUT2D eigenvalue weighted by molar-refractivity contribution is 5.95. The van der Waals surface area contributed by atoms with E-state index in [-0.39, 0.29) is 5.91 Å². The van der Waals surface area contributed by atoms with Gasteiger partial charge in [-0.15, -0.1) is 0 Å². The number of rotatable bonds is 5. The molecule has 4 rings (SSSR count). The quantitative estimate of drug-likeness (QED) is 0.613. The number of hydrazone groups is 1. The summed E-state index contributed by atoms with van der Waals surface area (Å²) in [5, 5.41) is 4.20. The molecule has 5 nitrogen and oxygen atoms in total. The monoisotopic (exact) mass is 390 g/mol. The van der Waals surface area contributed by atoms with Gasteiger partial charge in [0.2, 0.25) is 0 Å². The summed E-state index contributed by atoms with van der Waals surface area (Å²) in [5.74, 6) is -0.183. The number of nitrogens with one attached hydrogen (secondary N) is 1. The molecule has 0 unspecified atom stereocenters. The maximum atomic E-state index is 12.4. The standard InChI is InChI=1S/C24H30N4O/c1-18-19(2)23(28-15-5-6-16-28)12-9-21(18)17-25-26-24(29)20-7-10-22(11-8-20)27-13-3-4-14-27/h7-12,17H,3-6,13-16H2,1-2H3,(H,26,29)/b25-17-. The third-order valence-corrected chi connectivity index (χ3v) is 6.22. The van der Waals surface area contributed by atoms with Crippen LogP contribution in [0, 0.1) is 13.8 Å². The fraction of sp³-hybridized carbons (Fsp3) is 0.417. The topological polar surface area (TPSA) is 47.9 Å². The van der Waals surface area contributed by atoms with E-state index in [9.17, 15) is 4.79 Å². The molecule has 2 heterocycles. The van der Waals surface area contributed by atoms with E-state index in [1.807, 2.05) is 24.3 Å². The Morgan fingerprint density at radius 3 is 2.14 bits per heavy atom. The fourth-order valence-corrected chi connectivity index (χ4v) is 4.29. The maximum Gasteiger partial charge on any atom is 0.271 e. The molecule has 0 atom stereocenters. The Hall–Kier alpha value is -2.82. The molecule has 0 aromatic heterocycles. The summed E-state index contributed by atoms with van der Waals surface area (Å²) in [5.41, 5.74) is 9.33. The molecule has 2 saturated heterocycles. The van der Waals surface area contributed by atoms with Gasteiger partial charge in [0.05, 0.1) is 6.21 Å². The smallest absolute Gasteiger partial charge is 0.271 e. The summed E-state index contributed by atoms with van der Waals surface area (Å²) in [4.78, 5) is 17.2. The van der Waals surface area contributed by atoms with Gasteiger partial charge in [0, 0.05) is 43.1 Å². The number of hydrogen-bond acceptors (Lipinski definition) is 4. The molecule has 0 spiro atoms. The normalized spacial score (nSPS) is 16.8. The van der Waals surface area contributed by atoms with Gasteiger partial charge in [0.1, 0.15) is 0 Å². The van der Waals surface area contributed by atoms with Crippen LogP contribution in [-0.2, 0) is 0 Å². The van der Waals surface area contributed by atoms with Gasteiger partial charge in [-0.25, -0.2) is 5.43 Å². The van der Waals surface area contributed by atoms with Crippen LogP contribution in [0.4, 0.5) is 11.4 Å². The van der Waals surface area contributed by atoms with E-state index in [4.69, 9.17) is 0 Å². The molecule has 2 aliphatic rings. The van der Waals surface area contributed by atoms with Crippen LogP contribution >= 0.6 is 0 Å². The van der Waals surface area contributed by atoms with Crippen LogP contribution in [0.2, 0.25) is 0 Å². The number of hydrogen-bond donors (Lipinski definition) is 1. The molecule has 2 aromatic carbocycles. The van der Waals surface area contributed by atoms with Crippen molar-refractivity contribution >= 4 is 23.5 Å². The van der Waals surface area contributed by atoms with E-state index in [0.29, 0.717) is 5.56 Å². The van der Waals surface area contributed by atoms with Crippen LogP contribution in [0.15, 0.2) is 41.5 Å². The average Bonchev–Trinajstić information content (AvgIpc) is 3.45. The second kappa shape index (κ2) is 8.68. The van der Waals surface area contributed by atoms with Gasteiger partial charge in [0.15, 0.2) is 0 Å². The molecule has 1 amide bonds.